The molecule has 0 heterocycles. The van der Waals surface area contributed by atoms with Crippen molar-refractivity contribution in [3.8, 4) is 33.8 Å². The van der Waals surface area contributed by atoms with Crippen LogP contribution in [-0.2, 0) is 32.0 Å². The summed E-state index contributed by atoms with van der Waals surface area (Å²) in [4.78, 5) is 36.1. The largest absolute Gasteiger partial charge is 0.459 e. The van der Waals surface area contributed by atoms with E-state index in [-0.39, 0.29) is 28.7 Å². The highest BCUT2D eigenvalue weighted by Gasteiger charge is 2.25. The van der Waals surface area contributed by atoms with Gasteiger partial charge in [-0.2, -0.15) is 0 Å². The van der Waals surface area contributed by atoms with Crippen LogP contribution in [0.5, 0.6) is 11.5 Å². The molecule has 0 aliphatic heterocycles. The summed E-state index contributed by atoms with van der Waals surface area (Å²) in [5.74, 6) is -1.08. The van der Waals surface area contributed by atoms with Crippen LogP contribution >= 0.6 is 0 Å². The van der Waals surface area contributed by atoms with Crippen LogP contribution in [0, 0.1) is 13.8 Å². The van der Waals surface area contributed by atoms with Gasteiger partial charge in [0.05, 0.1) is 0 Å². The van der Waals surface area contributed by atoms with E-state index in [0.29, 0.717) is 12.8 Å². The maximum atomic E-state index is 12.2. The molecule has 0 saturated heterocycles. The number of aryl methyl sites for hydroxylation is 2. The Bertz CT molecular complexity index is 1530. The molecule has 0 saturated carbocycles. The second-order valence-electron chi connectivity index (χ2n) is 10.2. The second-order valence-corrected chi connectivity index (χ2v) is 10.2. The average molecular weight is 537 g/mol. The molecule has 6 nitrogen and oxygen atoms in total. The molecule has 3 aromatic rings. The highest BCUT2D eigenvalue weighted by molar-refractivity contribution is 5.90. The standard InChI is InChI=1S/C34H32O6/c1-8-32(35)38-27-14-23-9-10-24(13-25(23)15-27)30-11-22(7)31(12-21(30)6)26-16-28(39-33(36)19(2)3)18-29(17-26)40-34(37)20(4)5/h8-13,16-18,27H,1-2,4,14-15H2,3,5-7H3. The van der Waals surface area contributed by atoms with Gasteiger partial charge in [-0.3, -0.25) is 0 Å². The lowest BCUT2D eigenvalue weighted by atomic mass is 9.91. The highest BCUT2D eigenvalue weighted by Crippen LogP contribution is 2.37. The zero-order valence-corrected chi connectivity index (χ0v) is 23.3. The molecule has 0 N–H and O–H groups in total. The molecule has 0 spiro atoms. The number of rotatable bonds is 8. The van der Waals surface area contributed by atoms with E-state index in [1.54, 1.807) is 26.0 Å². The minimum atomic E-state index is -0.573. The Kier molecular flexibility index (Phi) is 8.19. The summed E-state index contributed by atoms with van der Waals surface area (Å²) in [6, 6.07) is 15.5. The summed E-state index contributed by atoms with van der Waals surface area (Å²) < 4.78 is 16.4. The zero-order chi connectivity index (χ0) is 29.1. The molecule has 1 atom stereocenters. The maximum absolute atomic E-state index is 12.2. The van der Waals surface area contributed by atoms with E-state index < -0.39 is 17.9 Å². The second kappa shape index (κ2) is 11.6. The first kappa shape index (κ1) is 28.3. The molecule has 4 rings (SSSR count). The van der Waals surface area contributed by atoms with Crippen molar-refractivity contribution < 1.29 is 28.6 Å². The lowest BCUT2D eigenvalue weighted by Crippen LogP contribution is -2.16. The Morgan fingerprint density at radius 3 is 1.80 bits per heavy atom. The van der Waals surface area contributed by atoms with E-state index in [0.717, 1.165) is 38.9 Å². The van der Waals surface area contributed by atoms with Crippen molar-refractivity contribution >= 4 is 17.9 Å². The number of esters is 3. The van der Waals surface area contributed by atoms with Gasteiger partial charge in [-0.1, -0.05) is 50.1 Å². The molecule has 0 amide bonds. The van der Waals surface area contributed by atoms with Crippen LogP contribution in [0.25, 0.3) is 22.3 Å². The van der Waals surface area contributed by atoms with E-state index >= 15 is 0 Å². The van der Waals surface area contributed by atoms with Gasteiger partial charge in [0.25, 0.3) is 0 Å². The van der Waals surface area contributed by atoms with Gasteiger partial charge < -0.3 is 14.2 Å². The van der Waals surface area contributed by atoms with Crippen molar-refractivity contribution in [1.82, 2.24) is 0 Å². The van der Waals surface area contributed by atoms with E-state index in [9.17, 15) is 14.4 Å². The quantitative estimate of drug-likeness (QED) is 0.179. The van der Waals surface area contributed by atoms with Crippen molar-refractivity contribution in [2.24, 2.45) is 0 Å². The number of fused-ring (bicyclic) bond motifs is 1. The highest BCUT2D eigenvalue weighted by atomic mass is 16.5. The predicted molar refractivity (Wildman–Crippen MR) is 155 cm³/mol. The molecule has 0 radical (unpaired) electrons. The topological polar surface area (TPSA) is 78.9 Å². The summed E-state index contributed by atoms with van der Waals surface area (Å²) in [5.41, 5.74) is 8.65. The van der Waals surface area contributed by atoms with Crippen LogP contribution in [0.15, 0.2) is 85.5 Å². The number of carbonyl (C=O) groups excluding carboxylic acids is 3. The van der Waals surface area contributed by atoms with Gasteiger partial charge in [0.1, 0.15) is 17.6 Å². The summed E-state index contributed by atoms with van der Waals surface area (Å²) >= 11 is 0. The van der Waals surface area contributed by atoms with E-state index in [4.69, 9.17) is 14.2 Å². The van der Waals surface area contributed by atoms with Crippen molar-refractivity contribution in [2.75, 3.05) is 0 Å². The van der Waals surface area contributed by atoms with Gasteiger partial charge in [-0.15, -0.1) is 0 Å². The van der Waals surface area contributed by atoms with Crippen LogP contribution in [0.1, 0.15) is 36.1 Å². The Hall–Kier alpha value is -4.71. The summed E-state index contributed by atoms with van der Waals surface area (Å²) in [6.45, 7) is 17.9. The smallest absolute Gasteiger partial charge is 0.338 e. The minimum Gasteiger partial charge on any atom is -0.459 e. The van der Waals surface area contributed by atoms with Gasteiger partial charge >= 0.3 is 17.9 Å². The molecule has 0 fully saturated rings. The number of ether oxygens (including phenoxy) is 3. The number of hydrogen-bond acceptors (Lipinski definition) is 6. The molecule has 40 heavy (non-hydrogen) atoms. The Morgan fingerprint density at radius 2 is 1.27 bits per heavy atom. The molecule has 1 unspecified atom stereocenters. The minimum absolute atomic E-state index is 0.180. The van der Waals surface area contributed by atoms with E-state index in [2.05, 4.69) is 50.1 Å². The van der Waals surface area contributed by atoms with E-state index in [1.165, 1.54) is 17.7 Å². The number of benzene rings is 3. The Labute approximate surface area is 234 Å². The number of hydrogen-bond donors (Lipinski definition) is 0. The van der Waals surface area contributed by atoms with Gasteiger partial charge in [0.2, 0.25) is 0 Å². The van der Waals surface area contributed by atoms with Crippen LogP contribution in [0.2, 0.25) is 0 Å². The van der Waals surface area contributed by atoms with Crippen LogP contribution in [0.3, 0.4) is 0 Å². The third kappa shape index (κ3) is 6.29. The summed E-state index contributed by atoms with van der Waals surface area (Å²) in [5, 5.41) is 0. The first-order valence-corrected chi connectivity index (χ1v) is 12.9. The fourth-order valence-corrected chi connectivity index (χ4v) is 4.71. The molecule has 3 aromatic carbocycles. The molecule has 1 aliphatic carbocycles. The molecule has 1 aliphatic rings. The fraction of sp³-hybridized carbons (Fsp3) is 0.206. The lowest BCUT2D eigenvalue weighted by molar-refractivity contribution is -0.142. The average Bonchev–Trinajstić information content (AvgIpc) is 3.30. The molecular formula is C34H32O6. The van der Waals surface area contributed by atoms with Crippen LogP contribution in [0.4, 0.5) is 0 Å². The monoisotopic (exact) mass is 536 g/mol. The van der Waals surface area contributed by atoms with Gasteiger partial charge in [-0.25, -0.2) is 14.4 Å². The maximum Gasteiger partial charge on any atom is 0.338 e. The van der Waals surface area contributed by atoms with Crippen molar-refractivity contribution in [3.05, 3.63) is 108 Å². The van der Waals surface area contributed by atoms with Gasteiger partial charge in [-0.05, 0) is 84.3 Å². The summed E-state index contributed by atoms with van der Waals surface area (Å²) in [7, 11) is 0. The third-order valence-electron chi connectivity index (χ3n) is 6.74. The number of carbonyl (C=O) groups is 3. The zero-order valence-electron chi connectivity index (χ0n) is 23.3. The van der Waals surface area contributed by atoms with Gasteiger partial charge in [0, 0.05) is 36.1 Å². The van der Waals surface area contributed by atoms with E-state index in [1.807, 2.05) is 13.8 Å². The first-order chi connectivity index (χ1) is 18.9. The van der Waals surface area contributed by atoms with Gasteiger partial charge in [0.15, 0.2) is 0 Å². The van der Waals surface area contributed by atoms with Crippen molar-refractivity contribution in [2.45, 2.75) is 46.6 Å². The first-order valence-electron chi connectivity index (χ1n) is 12.9. The summed E-state index contributed by atoms with van der Waals surface area (Å²) in [6.07, 6.45) is 2.37. The van der Waals surface area contributed by atoms with Crippen LogP contribution in [-0.4, -0.2) is 24.0 Å². The third-order valence-corrected chi connectivity index (χ3v) is 6.74. The molecule has 0 aromatic heterocycles. The fourth-order valence-electron chi connectivity index (χ4n) is 4.71. The predicted octanol–water partition coefficient (Wildman–Crippen LogP) is 6.80. The van der Waals surface area contributed by atoms with Crippen molar-refractivity contribution in [1.29, 1.82) is 0 Å². The Morgan fingerprint density at radius 1 is 0.750 bits per heavy atom. The molecule has 6 heteroatoms. The molecular weight excluding hydrogens is 504 g/mol. The Balaban J connectivity index is 1.69. The molecule has 0 bridgehead atoms. The van der Waals surface area contributed by atoms with Crippen LogP contribution < -0.4 is 9.47 Å². The SMILES string of the molecule is C=CC(=O)OC1Cc2ccc(-c3cc(C)c(-c4cc(OC(=O)C(=C)C)cc(OC(=O)C(=C)C)c4)cc3C)cc2C1. The molecule has 204 valence electrons. The van der Waals surface area contributed by atoms with Crippen molar-refractivity contribution in [3.63, 3.8) is 0 Å². The lowest BCUT2D eigenvalue weighted by Gasteiger charge is -2.16. The normalized spacial score (nSPS) is 13.7.